The number of carbonyl (C=O) groups is 2. The maximum absolute atomic E-state index is 12.5. The number of rotatable bonds is 7. The van der Waals surface area contributed by atoms with Crippen LogP contribution in [0.15, 0.2) is 47.1 Å². The molecule has 1 N–H and O–H groups in total. The van der Waals surface area contributed by atoms with Crippen molar-refractivity contribution in [3.63, 3.8) is 0 Å². The summed E-state index contributed by atoms with van der Waals surface area (Å²) in [4.78, 5) is 24.7. The van der Waals surface area contributed by atoms with Crippen molar-refractivity contribution in [3.8, 4) is 5.75 Å². The van der Waals surface area contributed by atoms with Crippen molar-refractivity contribution in [1.29, 1.82) is 0 Å². The normalized spacial score (nSPS) is 10.6. The molecule has 0 bridgehead atoms. The van der Waals surface area contributed by atoms with Gasteiger partial charge in [0.2, 0.25) is 0 Å². The Balaban J connectivity index is 1.64. The Bertz CT molecular complexity index is 1020. The maximum atomic E-state index is 12.5. The average molecular weight is 396 g/mol. The molecule has 0 atom stereocenters. The lowest BCUT2D eigenvalue weighted by Gasteiger charge is -2.11. The number of carbonyl (C=O) groups excluding carboxylic acids is 2. The molecule has 0 aliphatic heterocycles. The lowest BCUT2D eigenvalue weighted by atomic mass is 10.2. The highest BCUT2D eigenvalue weighted by Crippen LogP contribution is 2.25. The van der Waals surface area contributed by atoms with Crippen LogP contribution >= 0.6 is 0 Å². The molecule has 0 spiro atoms. The number of furan rings is 1. The maximum Gasteiger partial charge on any atom is 0.340 e. The summed E-state index contributed by atoms with van der Waals surface area (Å²) in [7, 11) is 1.53. The van der Waals surface area contributed by atoms with Crippen LogP contribution in [0.5, 0.6) is 5.75 Å². The van der Waals surface area contributed by atoms with E-state index in [0.717, 1.165) is 22.7 Å². The zero-order valence-corrected chi connectivity index (χ0v) is 16.9. The van der Waals surface area contributed by atoms with Crippen LogP contribution in [-0.2, 0) is 16.1 Å². The van der Waals surface area contributed by atoms with Crippen LogP contribution in [0.25, 0.3) is 0 Å². The highest BCUT2D eigenvalue weighted by atomic mass is 16.5. The number of amides is 1. The van der Waals surface area contributed by atoms with E-state index in [4.69, 9.17) is 13.9 Å². The summed E-state index contributed by atoms with van der Waals surface area (Å²) in [6.45, 7) is 5.78. The molecule has 0 saturated heterocycles. The zero-order chi connectivity index (χ0) is 21.0. The number of aryl methyl sites for hydroxylation is 2. The second kappa shape index (κ2) is 8.68. The molecule has 0 aliphatic carbocycles. The molecule has 7 nitrogen and oxygen atoms in total. The van der Waals surface area contributed by atoms with Crippen molar-refractivity contribution in [2.24, 2.45) is 0 Å². The SMILES string of the molecule is COc1ccc(C)cc1NC(=O)COC(=O)c1cc(C)n(Cc2ccco2)c1C. The van der Waals surface area contributed by atoms with E-state index >= 15 is 0 Å². The van der Waals surface area contributed by atoms with Gasteiger partial charge in [-0.2, -0.15) is 0 Å². The highest BCUT2D eigenvalue weighted by Gasteiger charge is 2.19. The molecule has 0 fully saturated rings. The third kappa shape index (κ3) is 4.68. The molecule has 0 unspecified atom stereocenters. The molecule has 2 aromatic heterocycles. The van der Waals surface area contributed by atoms with Crippen molar-refractivity contribution < 1.29 is 23.5 Å². The van der Waals surface area contributed by atoms with E-state index in [0.29, 0.717) is 23.5 Å². The molecule has 2 heterocycles. The van der Waals surface area contributed by atoms with Crippen molar-refractivity contribution in [1.82, 2.24) is 4.57 Å². The molecule has 1 amide bonds. The van der Waals surface area contributed by atoms with Crippen molar-refractivity contribution in [2.45, 2.75) is 27.3 Å². The summed E-state index contributed by atoms with van der Waals surface area (Å²) in [6, 6.07) is 10.9. The Hall–Kier alpha value is -3.48. The van der Waals surface area contributed by atoms with Crippen LogP contribution < -0.4 is 10.1 Å². The third-order valence-corrected chi connectivity index (χ3v) is 4.65. The van der Waals surface area contributed by atoms with Gasteiger partial charge in [0, 0.05) is 11.4 Å². The molecule has 7 heteroatoms. The molecule has 0 saturated carbocycles. The van der Waals surface area contributed by atoms with Gasteiger partial charge in [-0.15, -0.1) is 0 Å². The van der Waals surface area contributed by atoms with Crippen molar-refractivity contribution in [3.05, 3.63) is 70.9 Å². The van der Waals surface area contributed by atoms with Gasteiger partial charge in [-0.25, -0.2) is 4.79 Å². The number of methoxy groups -OCH3 is 1. The number of hydrogen-bond donors (Lipinski definition) is 1. The minimum absolute atomic E-state index is 0.391. The average Bonchev–Trinajstić information content (AvgIpc) is 3.30. The first-order valence-corrected chi connectivity index (χ1v) is 9.19. The topological polar surface area (TPSA) is 82.7 Å². The molecule has 1 aromatic carbocycles. The van der Waals surface area contributed by atoms with Gasteiger partial charge in [0.05, 0.1) is 31.2 Å². The third-order valence-electron chi connectivity index (χ3n) is 4.65. The Kier molecular flexibility index (Phi) is 6.07. The number of nitrogens with one attached hydrogen (secondary N) is 1. The molecular weight excluding hydrogens is 372 g/mol. The van der Waals surface area contributed by atoms with Gasteiger partial charge >= 0.3 is 5.97 Å². The van der Waals surface area contributed by atoms with Crippen LogP contribution in [0, 0.1) is 20.8 Å². The Morgan fingerprint density at radius 3 is 2.62 bits per heavy atom. The number of nitrogens with zero attached hydrogens (tertiary/aromatic N) is 1. The summed E-state index contributed by atoms with van der Waals surface area (Å²) >= 11 is 0. The van der Waals surface area contributed by atoms with Crippen LogP contribution in [0.4, 0.5) is 5.69 Å². The van der Waals surface area contributed by atoms with Crippen molar-refractivity contribution in [2.75, 3.05) is 19.0 Å². The van der Waals surface area contributed by atoms with Gasteiger partial charge in [0.1, 0.15) is 11.5 Å². The van der Waals surface area contributed by atoms with E-state index in [-0.39, 0.29) is 0 Å². The fraction of sp³-hybridized carbons (Fsp3) is 0.273. The van der Waals surface area contributed by atoms with E-state index < -0.39 is 18.5 Å². The minimum Gasteiger partial charge on any atom is -0.495 e. The number of esters is 1. The summed E-state index contributed by atoms with van der Waals surface area (Å²) < 4.78 is 17.8. The van der Waals surface area contributed by atoms with Crippen molar-refractivity contribution >= 4 is 17.6 Å². The lowest BCUT2D eigenvalue weighted by Crippen LogP contribution is -2.21. The van der Waals surface area contributed by atoms with E-state index in [1.54, 1.807) is 24.5 Å². The van der Waals surface area contributed by atoms with Crippen LogP contribution in [0.3, 0.4) is 0 Å². The summed E-state index contributed by atoms with van der Waals surface area (Å²) in [5, 5.41) is 2.71. The van der Waals surface area contributed by atoms with Gasteiger partial charge in [0.15, 0.2) is 6.61 Å². The molecule has 152 valence electrons. The first kappa shape index (κ1) is 20.3. The Morgan fingerprint density at radius 2 is 1.93 bits per heavy atom. The van der Waals surface area contributed by atoms with E-state index in [1.165, 1.54) is 7.11 Å². The first-order chi connectivity index (χ1) is 13.9. The molecule has 3 rings (SSSR count). The number of hydrogen-bond acceptors (Lipinski definition) is 5. The fourth-order valence-electron chi connectivity index (χ4n) is 3.12. The van der Waals surface area contributed by atoms with Gasteiger partial charge in [-0.3, -0.25) is 4.79 Å². The highest BCUT2D eigenvalue weighted by molar-refractivity contribution is 5.97. The zero-order valence-electron chi connectivity index (χ0n) is 16.9. The second-order valence-electron chi connectivity index (χ2n) is 6.78. The standard InChI is InChI=1S/C22H24N2O5/c1-14-7-8-20(27-4)19(10-14)23-21(25)13-29-22(26)18-11-15(2)24(16(18)3)12-17-6-5-9-28-17/h5-11H,12-13H2,1-4H3,(H,23,25). The van der Waals surface area contributed by atoms with Crippen LogP contribution in [0.2, 0.25) is 0 Å². The van der Waals surface area contributed by atoms with Crippen LogP contribution in [0.1, 0.15) is 33.1 Å². The summed E-state index contributed by atoms with van der Waals surface area (Å²) in [5.41, 5.74) is 3.59. The summed E-state index contributed by atoms with van der Waals surface area (Å²) in [5.74, 6) is 0.344. The van der Waals surface area contributed by atoms with Crippen LogP contribution in [-0.4, -0.2) is 30.2 Å². The number of ether oxygens (including phenoxy) is 2. The Labute approximate surface area is 169 Å². The number of anilines is 1. The summed E-state index contributed by atoms with van der Waals surface area (Å²) in [6.07, 6.45) is 1.61. The lowest BCUT2D eigenvalue weighted by molar-refractivity contribution is -0.119. The van der Waals surface area contributed by atoms with E-state index in [1.807, 2.05) is 43.5 Å². The molecular formula is C22H24N2O5. The quantitative estimate of drug-likeness (QED) is 0.613. The first-order valence-electron chi connectivity index (χ1n) is 9.19. The Morgan fingerprint density at radius 1 is 1.14 bits per heavy atom. The molecule has 0 aliphatic rings. The van der Waals surface area contributed by atoms with Gasteiger partial charge in [0.25, 0.3) is 5.91 Å². The molecule has 3 aromatic rings. The number of benzene rings is 1. The van der Waals surface area contributed by atoms with Gasteiger partial charge < -0.3 is 23.8 Å². The van der Waals surface area contributed by atoms with Gasteiger partial charge in [-0.05, 0) is 56.7 Å². The monoisotopic (exact) mass is 396 g/mol. The number of aromatic nitrogens is 1. The van der Waals surface area contributed by atoms with Gasteiger partial charge in [-0.1, -0.05) is 6.07 Å². The molecule has 0 radical (unpaired) electrons. The smallest absolute Gasteiger partial charge is 0.340 e. The molecule has 29 heavy (non-hydrogen) atoms. The minimum atomic E-state index is -0.546. The predicted octanol–water partition coefficient (Wildman–Crippen LogP) is 3.86. The second-order valence-corrected chi connectivity index (χ2v) is 6.78. The van der Waals surface area contributed by atoms with E-state index in [2.05, 4.69) is 5.32 Å². The fourth-order valence-corrected chi connectivity index (χ4v) is 3.12. The largest absolute Gasteiger partial charge is 0.495 e. The predicted molar refractivity (Wildman–Crippen MR) is 108 cm³/mol. The van der Waals surface area contributed by atoms with E-state index in [9.17, 15) is 9.59 Å².